The Morgan fingerprint density at radius 3 is 2.04 bits per heavy atom. The first-order valence-corrected chi connectivity index (χ1v) is 10.6. The molecule has 0 saturated carbocycles. The van der Waals surface area contributed by atoms with Crippen LogP contribution < -0.4 is 0 Å². The first-order chi connectivity index (χ1) is 13.6. The molecule has 3 rings (SSSR count). The highest BCUT2D eigenvalue weighted by atomic mass is 14.2. The highest BCUT2D eigenvalue weighted by molar-refractivity contribution is 5.99. The Labute approximate surface area is 171 Å². The van der Waals surface area contributed by atoms with Crippen LogP contribution in [0.2, 0.25) is 0 Å². The van der Waals surface area contributed by atoms with Crippen LogP contribution in [0, 0.1) is 6.92 Å². The number of hydrogen-bond donors (Lipinski definition) is 0. The molecule has 0 heterocycles. The smallest absolute Gasteiger partial charge is 0.00705 e. The average molecular weight is 369 g/mol. The summed E-state index contributed by atoms with van der Waals surface area (Å²) in [6.07, 6.45) is 3.49. The molecule has 0 aliphatic heterocycles. The molecule has 0 atom stereocenters. The second-order valence-corrected chi connectivity index (χ2v) is 7.93. The van der Waals surface area contributed by atoms with E-state index in [1.807, 2.05) is 0 Å². The highest BCUT2D eigenvalue weighted by Gasteiger charge is 2.17. The van der Waals surface area contributed by atoms with Crippen LogP contribution in [0.4, 0.5) is 0 Å². The fourth-order valence-corrected chi connectivity index (χ4v) is 3.85. The lowest BCUT2D eigenvalue weighted by atomic mass is 9.83. The minimum absolute atomic E-state index is 0.486. The number of allylic oxidation sites excluding steroid dienone is 1. The van der Waals surface area contributed by atoms with Crippen LogP contribution in [0.25, 0.3) is 11.1 Å². The first-order valence-electron chi connectivity index (χ1n) is 10.6. The van der Waals surface area contributed by atoms with E-state index in [0.717, 1.165) is 6.42 Å². The van der Waals surface area contributed by atoms with Gasteiger partial charge in [0.1, 0.15) is 0 Å². The maximum Gasteiger partial charge on any atom is -0.00705 e. The number of benzene rings is 3. The molecule has 144 valence electrons. The van der Waals surface area contributed by atoms with E-state index in [1.54, 1.807) is 0 Å². The van der Waals surface area contributed by atoms with Crippen molar-refractivity contribution in [2.45, 2.75) is 52.9 Å². The number of hydrogen-bond acceptors (Lipinski definition) is 0. The van der Waals surface area contributed by atoms with Crippen molar-refractivity contribution >= 4 is 11.1 Å². The minimum Gasteiger partial charge on any atom is -0.0654 e. The van der Waals surface area contributed by atoms with Gasteiger partial charge in [-0.2, -0.15) is 0 Å². The molecular formula is C28H32. The molecule has 0 saturated heterocycles. The molecule has 0 unspecified atom stereocenters. The maximum atomic E-state index is 2.30. The number of rotatable bonds is 7. The van der Waals surface area contributed by atoms with Crippen molar-refractivity contribution in [3.05, 3.63) is 107 Å². The Morgan fingerprint density at radius 2 is 1.39 bits per heavy atom. The Hall–Kier alpha value is -2.60. The van der Waals surface area contributed by atoms with Gasteiger partial charge in [-0.15, -0.1) is 0 Å². The molecule has 3 aromatic carbocycles. The van der Waals surface area contributed by atoms with Crippen LogP contribution in [0.15, 0.2) is 78.9 Å². The number of unbranched alkanes of at least 4 members (excludes halogenated alkanes) is 1. The third kappa shape index (κ3) is 4.62. The van der Waals surface area contributed by atoms with Gasteiger partial charge in [0.2, 0.25) is 0 Å². The van der Waals surface area contributed by atoms with Gasteiger partial charge in [-0.1, -0.05) is 112 Å². The molecule has 0 aromatic heterocycles. The fraction of sp³-hybridized carbons (Fsp3) is 0.286. The molecule has 3 aromatic rings. The summed E-state index contributed by atoms with van der Waals surface area (Å²) in [5, 5.41) is 0. The summed E-state index contributed by atoms with van der Waals surface area (Å²) < 4.78 is 0. The van der Waals surface area contributed by atoms with E-state index in [1.165, 1.54) is 51.8 Å². The molecule has 0 N–H and O–H groups in total. The van der Waals surface area contributed by atoms with Gasteiger partial charge in [0.25, 0.3) is 0 Å². The molecule has 0 nitrogen and oxygen atoms in total. The zero-order chi connectivity index (χ0) is 19.9. The van der Waals surface area contributed by atoms with Crippen molar-refractivity contribution in [1.82, 2.24) is 0 Å². The third-order valence-corrected chi connectivity index (χ3v) is 5.40. The van der Waals surface area contributed by atoms with Gasteiger partial charge < -0.3 is 0 Å². The van der Waals surface area contributed by atoms with Gasteiger partial charge >= 0.3 is 0 Å². The average Bonchev–Trinajstić information content (AvgIpc) is 2.72. The van der Waals surface area contributed by atoms with Crippen molar-refractivity contribution in [2.24, 2.45) is 0 Å². The summed E-state index contributed by atoms with van der Waals surface area (Å²) in [7, 11) is 0. The quantitative estimate of drug-likeness (QED) is 0.368. The molecule has 0 bridgehead atoms. The molecule has 0 fully saturated rings. The van der Waals surface area contributed by atoms with Crippen molar-refractivity contribution in [3.8, 4) is 0 Å². The summed E-state index contributed by atoms with van der Waals surface area (Å²) >= 11 is 0. The summed E-state index contributed by atoms with van der Waals surface area (Å²) in [6.45, 7) is 9.01. The van der Waals surface area contributed by atoms with Gasteiger partial charge in [0.05, 0.1) is 0 Å². The van der Waals surface area contributed by atoms with Gasteiger partial charge in [0, 0.05) is 0 Å². The van der Waals surface area contributed by atoms with Crippen LogP contribution in [-0.2, 0) is 0 Å². The third-order valence-electron chi connectivity index (χ3n) is 5.40. The second-order valence-electron chi connectivity index (χ2n) is 7.93. The maximum absolute atomic E-state index is 2.30. The lowest BCUT2D eigenvalue weighted by molar-refractivity contribution is 0.824. The summed E-state index contributed by atoms with van der Waals surface area (Å²) in [5.41, 5.74) is 9.60. The van der Waals surface area contributed by atoms with Crippen molar-refractivity contribution < 1.29 is 0 Å². The summed E-state index contributed by atoms with van der Waals surface area (Å²) in [4.78, 5) is 0. The standard InChI is InChI=1S/C28H32/c1-5-6-14-26(23-19-17-22(4)18-20-23)28(24-12-8-7-9-13-24)27-16-11-10-15-25(27)21(2)3/h7-13,15-21H,5-6,14H2,1-4H3/b28-26+. The molecule has 0 spiro atoms. The zero-order valence-corrected chi connectivity index (χ0v) is 17.7. The predicted molar refractivity (Wildman–Crippen MR) is 124 cm³/mol. The van der Waals surface area contributed by atoms with Gasteiger partial charge in [-0.25, -0.2) is 0 Å². The predicted octanol–water partition coefficient (Wildman–Crippen LogP) is 8.27. The van der Waals surface area contributed by atoms with Crippen LogP contribution in [0.1, 0.15) is 73.8 Å². The molecule has 0 radical (unpaired) electrons. The van der Waals surface area contributed by atoms with Crippen LogP contribution in [0.5, 0.6) is 0 Å². The molecule has 0 amide bonds. The van der Waals surface area contributed by atoms with Crippen molar-refractivity contribution in [2.75, 3.05) is 0 Å². The van der Waals surface area contributed by atoms with Crippen molar-refractivity contribution in [1.29, 1.82) is 0 Å². The van der Waals surface area contributed by atoms with E-state index in [0.29, 0.717) is 5.92 Å². The van der Waals surface area contributed by atoms with Gasteiger partial charge in [-0.3, -0.25) is 0 Å². The molecule has 0 aliphatic carbocycles. The van der Waals surface area contributed by atoms with Crippen molar-refractivity contribution in [3.63, 3.8) is 0 Å². The molecule has 0 heteroatoms. The van der Waals surface area contributed by atoms with Gasteiger partial charge in [-0.05, 0) is 59.1 Å². The van der Waals surface area contributed by atoms with E-state index in [4.69, 9.17) is 0 Å². The Balaban J connectivity index is 2.33. The van der Waals surface area contributed by atoms with E-state index in [9.17, 15) is 0 Å². The molecular weight excluding hydrogens is 336 g/mol. The Kier molecular flexibility index (Phi) is 6.87. The molecule has 0 aliphatic rings. The first kappa shape index (κ1) is 20.1. The normalized spacial score (nSPS) is 12.2. The zero-order valence-electron chi connectivity index (χ0n) is 17.7. The van der Waals surface area contributed by atoms with Gasteiger partial charge in [0.15, 0.2) is 0 Å². The fourth-order valence-electron chi connectivity index (χ4n) is 3.85. The van der Waals surface area contributed by atoms with E-state index in [2.05, 4.69) is 107 Å². The number of aryl methyl sites for hydroxylation is 1. The largest absolute Gasteiger partial charge is 0.0654 e. The topological polar surface area (TPSA) is 0 Å². The van der Waals surface area contributed by atoms with Crippen LogP contribution in [-0.4, -0.2) is 0 Å². The van der Waals surface area contributed by atoms with E-state index in [-0.39, 0.29) is 0 Å². The van der Waals surface area contributed by atoms with E-state index >= 15 is 0 Å². The second kappa shape index (κ2) is 9.55. The molecule has 28 heavy (non-hydrogen) atoms. The minimum atomic E-state index is 0.486. The summed E-state index contributed by atoms with van der Waals surface area (Å²) in [6, 6.07) is 28.9. The lowest BCUT2D eigenvalue weighted by Gasteiger charge is -2.21. The monoisotopic (exact) mass is 368 g/mol. The van der Waals surface area contributed by atoms with E-state index < -0.39 is 0 Å². The SMILES string of the molecule is CCCC/C(=C(/c1ccccc1)c1ccccc1C(C)C)c1ccc(C)cc1. The summed E-state index contributed by atoms with van der Waals surface area (Å²) in [5.74, 6) is 0.486. The Bertz CT molecular complexity index is 912. The van der Waals surface area contributed by atoms with Crippen LogP contribution in [0.3, 0.4) is 0 Å². The lowest BCUT2D eigenvalue weighted by Crippen LogP contribution is -2.01. The Morgan fingerprint density at radius 1 is 0.750 bits per heavy atom. The van der Waals surface area contributed by atoms with Crippen LogP contribution >= 0.6 is 0 Å². The highest BCUT2D eigenvalue weighted by Crippen LogP contribution is 2.38.